The first-order valence-electron chi connectivity index (χ1n) is 19.4. The summed E-state index contributed by atoms with van der Waals surface area (Å²) >= 11 is 0. The van der Waals surface area contributed by atoms with E-state index in [1.807, 2.05) is 15.9 Å². The van der Waals surface area contributed by atoms with E-state index < -0.39 is 5.41 Å². The van der Waals surface area contributed by atoms with Crippen LogP contribution in [0.5, 0.6) is 0 Å². The van der Waals surface area contributed by atoms with Gasteiger partial charge in [0.1, 0.15) is 23.3 Å². The molecule has 0 unspecified atom stereocenters. The van der Waals surface area contributed by atoms with Gasteiger partial charge in [-0.3, -0.25) is 0 Å². The zero-order valence-corrected chi connectivity index (χ0v) is 31.4. The third-order valence-corrected chi connectivity index (χ3v) is 11.9. The van der Waals surface area contributed by atoms with E-state index in [1.165, 1.54) is 59.7 Å². The Morgan fingerprint density at radius 3 is 1.12 bits per heavy atom. The zero-order valence-electron chi connectivity index (χ0n) is 31.4. The molecule has 0 aliphatic heterocycles. The van der Waals surface area contributed by atoms with Gasteiger partial charge in [-0.25, -0.2) is 17.6 Å². The molecule has 2 aliphatic carbocycles. The van der Waals surface area contributed by atoms with E-state index >= 15 is 0 Å². The molecule has 9 aromatic rings. The van der Waals surface area contributed by atoms with E-state index in [9.17, 15) is 17.6 Å². The van der Waals surface area contributed by atoms with Crippen LogP contribution in [-0.4, -0.2) is 0 Å². The van der Waals surface area contributed by atoms with Crippen molar-refractivity contribution in [2.24, 2.45) is 0 Å². The highest BCUT2D eigenvalue weighted by Crippen LogP contribution is 2.64. The predicted molar refractivity (Wildman–Crippen MR) is 229 cm³/mol. The maximum Gasteiger partial charge on any atom is 0.123 e. The van der Waals surface area contributed by atoms with Crippen molar-refractivity contribution in [3.63, 3.8) is 0 Å². The fourth-order valence-electron chi connectivity index (χ4n) is 9.39. The molecule has 0 saturated heterocycles. The molecule has 0 heterocycles. The Morgan fingerprint density at radius 2 is 0.644 bits per heavy atom. The van der Waals surface area contributed by atoms with Gasteiger partial charge in [-0.15, -0.1) is 0 Å². The van der Waals surface area contributed by atoms with Crippen LogP contribution >= 0.6 is 0 Å². The Morgan fingerprint density at radius 1 is 0.271 bits per heavy atom. The van der Waals surface area contributed by atoms with Gasteiger partial charge < -0.3 is 9.80 Å². The van der Waals surface area contributed by atoms with E-state index in [0.29, 0.717) is 0 Å². The SMILES string of the molecule is Fc1ccc(N(c2ccc(F)cc2)c2ccc3c(c2)C2(c4ccccc4-c4ccccc42)c2cc4cc(N(c5ccc(F)cc5)c5ccc(F)cc5)ccc4cc2-3)cc1. The third kappa shape index (κ3) is 5.40. The van der Waals surface area contributed by atoms with Crippen LogP contribution in [0.1, 0.15) is 22.3 Å². The number of nitrogens with zero attached hydrogens (tertiary/aromatic N) is 2. The first kappa shape index (κ1) is 34.8. The number of benzene rings is 9. The first-order valence-corrected chi connectivity index (χ1v) is 19.4. The molecular weight excluding hydrogens is 741 g/mol. The lowest BCUT2D eigenvalue weighted by Gasteiger charge is -2.32. The largest absolute Gasteiger partial charge is 0.310 e. The fourth-order valence-corrected chi connectivity index (χ4v) is 9.39. The summed E-state index contributed by atoms with van der Waals surface area (Å²) in [5.74, 6) is -1.37. The Balaban J connectivity index is 1.16. The van der Waals surface area contributed by atoms with Crippen LogP contribution in [0, 0.1) is 23.3 Å². The molecule has 0 radical (unpaired) electrons. The summed E-state index contributed by atoms with van der Waals surface area (Å²) in [4.78, 5) is 4.03. The van der Waals surface area contributed by atoms with E-state index in [2.05, 4.69) is 91.0 Å². The Bertz CT molecular complexity index is 2950. The van der Waals surface area contributed by atoms with Crippen LogP contribution in [0.25, 0.3) is 33.0 Å². The molecule has 282 valence electrons. The van der Waals surface area contributed by atoms with Crippen LogP contribution in [0.2, 0.25) is 0 Å². The minimum atomic E-state index is -0.705. The number of rotatable bonds is 6. The number of fused-ring (bicyclic) bond motifs is 11. The molecule has 0 saturated carbocycles. The van der Waals surface area contributed by atoms with Gasteiger partial charge in [0.05, 0.1) is 5.41 Å². The highest BCUT2D eigenvalue weighted by atomic mass is 19.1. The van der Waals surface area contributed by atoms with Crippen LogP contribution in [0.15, 0.2) is 194 Å². The quantitative estimate of drug-likeness (QED) is 0.155. The summed E-state index contributed by atoms with van der Waals surface area (Å²) in [7, 11) is 0. The standard InChI is InChI=1S/C53H32F4N2/c54-35-10-19-39(20-11-35)58(40-21-12-36(55)13-22-40)43-18-9-33-30-48-47-28-27-44(59(41-23-14-37(56)15-24-41)42-25-16-38(57)17-26-42)32-52(47)53(51(48)31-34(33)29-43)49-7-3-1-5-45(49)46-6-2-4-8-50(46)53/h1-32H. The monoisotopic (exact) mass is 772 g/mol. The molecular formula is C53H32F4N2. The first-order chi connectivity index (χ1) is 28.9. The van der Waals surface area contributed by atoms with Gasteiger partial charge in [0.25, 0.3) is 0 Å². The molecule has 2 aliphatic rings. The van der Waals surface area contributed by atoms with Crippen LogP contribution in [-0.2, 0) is 5.41 Å². The molecule has 0 amide bonds. The highest BCUT2D eigenvalue weighted by Gasteiger charge is 2.52. The molecule has 6 heteroatoms. The average Bonchev–Trinajstić information content (AvgIpc) is 3.72. The van der Waals surface area contributed by atoms with Crippen molar-refractivity contribution < 1.29 is 17.6 Å². The summed E-state index contributed by atoms with van der Waals surface area (Å²) in [5, 5.41) is 2.04. The molecule has 0 fully saturated rings. The molecule has 1 spiro atoms. The van der Waals surface area contributed by atoms with E-state index in [0.717, 1.165) is 78.3 Å². The topological polar surface area (TPSA) is 6.48 Å². The Kier molecular flexibility index (Phi) is 7.85. The lowest BCUT2D eigenvalue weighted by atomic mass is 9.70. The summed E-state index contributed by atoms with van der Waals surface area (Å²) in [5.41, 5.74) is 13.0. The van der Waals surface area contributed by atoms with Crippen LogP contribution in [0.3, 0.4) is 0 Å². The average molecular weight is 773 g/mol. The third-order valence-electron chi connectivity index (χ3n) is 11.9. The van der Waals surface area contributed by atoms with Crippen molar-refractivity contribution in [1.29, 1.82) is 0 Å². The van der Waals surface area contributed by atoms with E-state index in [-0.39, 0.29) is 23.3 Å². The molecule has 2 nitrogen and oxygen atoms in total. The fraction of sp³-hybridized carbons (Fsp3) is 0.0189. The van der Waals surface area contributed by atoms with Gasteiger partial charge >= 0.3 is 0 Å². The molecule has 11 rings (SSSR count). The van der Waals surface area contributed by atoms with Gasteiger partial charge in [-0.1, -0.05) is 60.7 Å². The van der Waals surface area contributed by atoms with Crippen molar-refractivity contribution in [1.82, 2.24) is 0 Å². The Labute approximate surface area is 338 Å². The van der Waals surface area contributed by atoms with Crippen molar-refractivity contribution in [3.8, 4) is 22.3 Å². The summed E-state index contributed by atoms with van der Waals surface area (Å²) in [6, 6.07) is 59.9. The van der Waals surface area contributed by atoms with Crippen LogP contribution < -0.4 is 9.80 Å². The van der Waals surface area contributed by atoms with Crippen molar-refractivity contribution in [3.05, 3.63) is 240 Å². The minimum absolute atomic E-state index is 0.342. The summed E-state index contributed by atoms with van der Waals surface area (Å²) in [6.07, 6.45) is 0. The van der Waals surface area contributed by atoms with E-state index in [4.69, 9.17) is 0 Å². The van der Waals surface area contributed by atoms with Gasteiger partial charge in [-0.2, -0.15) is 0 Å². The molecule has 9 aromatic carbocycles. The van der Waals surface area contributed by atoms with Crippen LogP contribution in [0.4, 0.5) is 51.7 Å². The normalized spacial score (nSPS) is 12.9. The molecule has 0 aromatic heterocycles. The minimum Gasteiger partial charge on any atom is -0.310 e. The second-order valence-electron chi connectivity index (χ2n) is 15.1. The second-order valence-corrected chi connectivity index (χ2v) is 15.1. The van der Waals surface area contributed by atoms with Crippen molar-refractivity contribution in [2.75, 3.05) is 9.80 Å². The van der Waals surface area contributed by atoms with Gasteiger partial charge in [0.2, 0.25) is 0 Å². The maximum atomic E-state index is 14.3. The number of halogens is 4. The van der Waals surface area contributed by atoms with Gasteiger partial charge in [0.15, 0.2) is 0 Å². The molecule has 0 bridgehead atoms. The Hall–Kier alpha value is -7.44. The summed E-state index contributed by atoms with van der Waals surface area (Å²) in [6.45, 7) is 0. The van der Waals surface area contributed by atoms with Gasteiger partial charge in [0, 0.05) is 34.1 Å². The maximum absolute atomic E-state index is 14.3. The smallest absolute Gasteiger partial charge is 0.123 e. The molecule has 59 heavy (non-hydrogen) atoms. The highest BCUT2D eigenvalue weighted by molar-refractivity contribution is 6.02. The number of hydrogen-bond donors (Lipinski definition) is 0. The van der Waals surface area contributed by atoms with Crippen molar-refractivity contribution in [2.45, 2.75) is 5.41 Å². The molecule has 0 N–H and O–H groups in total. The lowest BCUT2D eigenvalue weighted by Crippen LogP contribution is -2.26. The molecule has 0 atom stereocenters. The zero-order chi connectivity index (χ0) is 39.8. The summed E-state index contributed by atoms with van der Waals surface area (Å²) < 4.78 is 57.0. The van der Waals surface area contributed by atoms with Crippen molar-refractivity contribution >= 4 is 44.9 Å². The number of hydrogen-bond acceptors (Lipinski definition) is 2. The number of anilines is 6. The predicted octanol–water partition coefficient (Wildman–Crippen LogP) is 14.7. The lowest BCUT2D eigenvalue weighted by molar-refractivity contribution is 0.627. The van der Waals surface area contributed by atoms with E-state index in [1.54, 1.807) is 48.5 Å². The van der Waals surface area contributed by atoms with Gasteiger partial charge in [-0.05, 0) is 189 Å². The second kappa shape index (κ2) is 13.3.